The highest BCUT2D eigenvalue weighted by Crippen LogP contribution is 2.11. The van der Waals surface area contributed by atoms with Crippen LogP contribution in [0.25, 0.3) is 0 Å². The molecule has 60 valence electrons. The van der Waals surface area contributed by atoms with Crippen molar-refractivity contribution in [2.75, 3.05) is 6.61 Å². The van der Waals surface area contributed by atoms with E-state index in [1.807, 2.05) is 12.2 Å². The summed E-state index contributed by atoms with van der Waals surface area (Å²) in [4.78, 5) is 10.3. The normalized spacial score (nSPS) is 15.8. The summed E-state index contributed by atoms with van der Waals surface area (Å²) in [7, 11) is 0. The molecule has 0 atom stereocenters. The molecular formula is C8H11NO2. The molecule has 0 saturated carbocycles. The number of carbonyl (C=O) groups excluding carboxylic acids is 1. The third-order valence-corrected chi connectivity index (χ3v) is 1.38. The van der Waals surface area contributed by atoms with Gasteiger partial charge in [-0.1, -0.05) is 12.2 Å². The van der Waals surface area contributed by atoms with E-state index in [1.165, 1.54) is 0 Å². The van der Waals surface area contributed by atoms with Crippen LogP contribution >= 0.6 is 0 Å². The van der Waals surface area contributed by atoms with Crippen LogP contribution in [0, 0.1) is 0 Å². The van der Waals surface area contributed by atoms with Gasteiger partial charge in [0, 0.05) is 6.42 Å². The first-order valence-corrected chi connectivity index (χ1v) is 3.56. The van der Waals surface area contributed by atoms with Crippen molar-refractivity contribution >= 4 is 5.91 Å². The summed E-state index contributed by atoms with van der Waals surface area (Å²) in [5.41, 5.74) is 4.90. The fourth-order valence-corrected chi connectivity index (χ4v) is 0.865. The lowest BCUT2D eigenvalue weighted by Crippen LogP contribution is -2.18. The van der Waals surface area contributed by atoms with Crippen molar-refractivity contribution in [1.29, 1.82) is 0 Å². The first-order chi connectivity index (χ1) is 5.29. The van der Waals surface area contributed by atoms with E-state index < -0.39 is 5.91 Å². The second kappa shape index (κ2) is 3.81. The Hall–Kier alpha value is -1.25. The summed E-state index contributed by atoms with van der Waals surface area (Å²) in [5.74, 6) is 0.409. The molecule has 0 heterocycles. The van der Waals surface area contributed by atoms with Crippen molar-refractivity contribution in [1.82, 2.24) is 0 Å². The van der Waals surface area contributed by atoms with E-state index in [4.69, 9.17) is 10.5 Å². The van der Waals surface area contributed by atoms with Crippen LogP contribution in [0.15, 0.2) is 24.0 Å². The maximum absolute atomic E-state index is 10.3. The average Bonchev–Trinajstić information content (AvgIpc) is 2.03. The summed E-state index contributed by atoms with van der Waals surface area (Å²) in [6, 6.07) is 0. The van der Waals surface area contributed by atoms with Crippen LogP contribution in [0.1, 0.15) is 12.8 Å². The molecule has 0 bridgehead atoms. The molecule has 1 amide bonds. The second-order valence-electron chi connectivity index (χ2n) is 2.35. The highest BCUT2D eigenvalue weighted by Gasteiger charge is 2.01. The predicted molar refractivity (Wildman–Crippen MR) is 41.6 cm³/mol. The van der Waals surface area contributed by atoms with Crippen molar-refractivity contribution in [3.63, 3.8) is 0 Å². The van der Waals surface area contributed by atoms with Crippen molar-refractivity contribution in [2.24, 2.45) is 5.73 Å². The van der Waals surface area contributed by atoms with Gasteiger partial charge in [0.25, 0.3) is 5.91 Å². The number of nitrogens with two attached hydrogens (primary N) is 1. The molecule has 0 saturated heterocycles. The van der Waals surface area contributed by atoms with Gasteiger partial charge in [0.05, 0.1) is 5.76 Å². The van der Waals surface area contributed by atoms with E-state index in [0.29, 0.717) is 0 Å². The molecule has 0 fully saturated rings. The van der Waals surface area contributed by atoms with Gasteiger partial charge in [-0.15, -0.1) is 0 Å². The summed E-state index contributed by atoms with van der Waals surface area (Å²) < 4.78 is 5.08. The van der Waals surface area contributed by atoms with E-state index in [0.717, 1.165) is 18.6 Å². The highest BCUT2D eigenvalue weighted by molar-refractivity contribution is 5.75. The minimum atomic E-state index is -0.430. The third-order valence-electron chi connectivity index (χ3n) is 1.38. The van der Waals surface area contributed by atoms with Gasteiger partial charge in [-0.05, 0) is 12.5 Å². The van der Waals surface area contributed by atoms with Gasteiger partial charge in [-0.2, -0.15) is 0 Å². The maximum atomic E-state index is 10.3. The van der Waals surface area contributed by atoms with Crippen LogP contribution < -0.4 is 5.73 Å². The number of ether oxygens (including phenoxy) is 1. The van der Waals surface area contributed by atoms with Crippen molar-refractivity contribution in [3.8, 4) is 0 Å². The summed E-state index contributed by atoms with van der Waals surface area (Å²) >= 11 is 0. The smallest absolute Gasteiger partial charge is 0.255 e. The number of primary amides is 1. The van der Waals surface area contributed by atoms with E-state index >= 15 is 0 Å². The van der Waals surface area contributed by atoms with Crippen LogP contribution in [-0.4, -0.2) is 12.5 Å². The zero-order valence-corrected chi connectivity index (χ0v) is 6.25. The fraction of sp³-hybridized carbons (Fsp3) is 0.375. The van der Waals surface area contributed by atoms with Gasteiger partial charge in [0.2, 0.25) is 0 Å². The van der Waals surface area contributed by atoms with Crippen LogP contribution in [0.4, 0.5) is 0 Å². The summed E-state index contributed by atoms with van der Waals surface area (Å²) in [5, 5.41) is 0. The minimum absolute atomic E-state index is 0.0142. The molecule has 3 heteroatoms. The Labute approximate surface area is 65.5 Å². The first kappa shape index (κ1) is 7.85. The number of rotatable bonds is 3. The molecule has 0 aromatic heterocycles. The van der Waals surface area contributed by atoms with Crippen molar-refractivity contribution in [2.45, 2.75) is 12.8 Å². The molecular weight excluding hydrogens is 142 g/mol. The molecule has 0 aliphatic heterocycles. The molecule has 1 rings (SSSR count). The Kier molecular flexibility index (Phi) is 2.72. The molecule has 0 aromatic carbocycles. The molecule has 2 N–H and O–H groups in total. The minimum Gasteiger partial charge on any atom is -0.488 e. The summed E-state index contributed by atoms with van der Waals surface area (Å²) in [6.07, 6.45) is 7.66. The first-order valence-electron chi connectivity index (χ1n) is 3.56. The molecule has 0 spiro atoms. The van der Waals surface area contributed by atoms with Gasteiger partial charge in [-0.3, -0.25) is 4.79 Å². The van der Waals surface area contributed by atoms with Gasteiger partial charge in [-0.25, -0.2) is 0 Å². The zero-order valence-electron chi connectivity index (χ0n) is 6.25. The van der Waals surface area contributed by atoms with E-state index in [2.05, 4.69) is 6.08 Å². The van der Waals surface area contributed by atoms with Gasteiger partial charge < -0.3 is 10.5 Å². The Bertz CT molecular complexity index is 206. The lowest BCUT2D eigenvalue weighted by molar-refractivity contribution is -0.121. The Balaban J connectivity index is 2.31. The quantitative estimate of drug-likeness (QED) is 0.649. The van der Waals surface area contributed by atoms with Crippen LogP contribution in [0.3, 0.4) is 0 Å². The van der Waals surface area contributed by atoms with E-state index in [9.17, 15) is 4.79 Å². The standard InChI is InChI=1S/C8H11NO2/c9-8(10)6-11-7-4-2-1-3-5-7/h1-2,4H,3,5-6H2,(H2,9,10). The SMILES string of the molecule is NC(=O)COC1=CC=CCC1. The molecule has 0 aromatic rings. The largest absolute Gasteiger partial charge is 0.488 e. The van der Waals surface area contributed by atoms with Crippen LogP contribution in [0.5, 0.6) is 0 Å². The molecule has 0 unspecified atom stereocenters. The topological polar surface area (TPSA) is 52.3 Å². The number of hydrogen-bond acceptors (Lipinski definition) is 2. The van der Waals surface area contributed by atoms with Crippen LogP contribution in [-0.2, 0) is 9.53 Å². The number of carbonyl (C=O) groups is 1. The molecule has 1 aliphatic rings. The average molecular weight is 153 g/mol. The third kappa shape index (κ3) is 2.89. The van der Waals surface area contributed by atoms with Gasteiger partial charge >= 0.3 is 0 Å². The lowest BCUT2D eigenvalue weighted by atomic mass is 10.2. The van der Waals surface area contributed by atoms with Gasteiger partial charge in [0.15, 0.2) is 6.61 Å². The van der Waals surface area contributed by atoms with Gasteiger partial charge in [0.1, 0.15) is 0 Å². The molecule has 1 aliphatic carbocycles. The second-order valence-corrected chi connectivity index (χ2v) is 2.35. The number of allylic oxidation sites excluding steroid dienone is 4. The molecule has 11 heavy (non-hydrogen) atoms. The molecule has 3 nitrogen and oxygen atoms in total. The Morgan fingerprint density at radius 1 is 1.73 bits per heavy atom. The van der Waals surface area contributed by atoms with E-state index in [-0.39, 0.29) is 6.61 Å². The Morgan fingerprint density at radius 3 is 3.09 bits per heavy atom. The van der Waals surface area contributed by atoms with Crippen molar-refractivity contribution in [3.05, 3.63) is 24.0 Å². The number of hydrogen-bond donors (Lipinski definition) is 1. The molecule has 0 radical (unpaired) electrons. The fourth-order valence-electron chi connectivity index (χ4n) is 0.865. The van der Waals surface area contributed by atoms with Crippen molar-refractivity contribution < 1.29 is 9.53 Å². The zero-order chi connectivity index (χ0) is 8.10. The Morgan fingerprint density at radius 2 is 2.55 bits per heavy atom. The highest BCUT2D eigenvalue weighted by atomic mass is 16.5. The number of amides is 1. The predicted octanol–water partition coefficient (Wildman–Crippen LogP) is 0.722. The van der Waals surface area contributed by atoms with Crippen LogP contribution in [0.2, 0.25) is 0 Å². The van der Waals surface area contributed by atoms with E-state index in [1.54, 1.807) is 0 Å². The monoisotopic (exact) mass is 153 g/mol. The lowest BCUT2D eigenvalue weighted by Gasteiger charge is -2.08. The summed E-state index contributed by atoms with van der Waals surface area (Å²) in [6.45, 7) is -0.0142. The maximum Gasteiger partial charge on any atom is 0.255 e.